The van der Waals surface area contributed by atoms with Gasteiger partial charge in [-0.2, -0.15) is 0 Å². The predicted octanol–water partition coefficient (Wildman–Crippen LogP) is 4.86. The lowest BCUT2D eigenvalue weighted by molar-refractivity contribution is 0.194. The van der Waals surface area contributed by atoms with Crippen LogP contribution in [0.2, 0.25) is 0 Å². The zero-order valence-electron chi connectivity index (χ0n) is 14.7. The zero-order valence-corrected chi connectivity index (χ0v) is 14.7. The van der Waals surface area contributed by atoms with E-state index in [0.717, 1.165) is 18.3 Å². The molecule has 0 spiro atoms. The summed E-state index contributed by atoms with van der Waals surface area (Å²) in [4.78, 5) is 2.76. The van der Waals surface area contributed by atoms with E-state index in [1.807, 2.05) is 0 Å². The average Bonchev–Trinajstić information content (AvgIpc) is 2.97. The van der Waals surface area contributed by atoms with Crippen molar-refractivity contribution in [2.24, 2.45) is 11.8 Å². The number of nitrogens with zero attached hydrogens (tertiary/aromatic N) is 1. The summed E-state index contributed by atoms with van der Waals surface area (Å²) >= 11 is 0. The van der Waals surface area contributed by atoms with Gasteiger partial charge in [-0.05, 0) is 50.5 Å². The van der Waals surface area contributed by atoms with Crippen LogP contribution in [0.3, 0.4) is 0 Å². The van der Waals surface area contributed by atoms with Gasteiger partial charge < -0.3 is 10.0 Å². The van der Waals surface area contributed by atoms with Gasteiger partial charge in [-0.15, -0.1) is 0 Å². The van der Waals surface area contributed by atoms with E-state index < -0.39 is 0 Å². The molecule has 1 aliphatic carbocycles. The minimum atomic E-state index is 0.361. The minimum Gasteiger partial charge on any atom is -0.396 e. The second-order valence-electron chi connectivity index (χ2n) is 7.30. The molecule has 21 heavy (non-hydrogen) atoms. The van der Waals surface area contributed by atoms with Crippen LogP contribution in [0.4, 0.5) is 0 Å². The van der Waals surface area contributed by atoms with Crippen molar-refractivity contribution in [1.29, 1.82) is 0 Å². The minimum absolute atomic E-state index is 0.361. The highest BCUT2D eigenvalue weighted by atomic mass is 16.2. The summed E-state index contributed by atoms with van der Waals surface area (Å²) in [6, 6.07) is 0. The van der Waals surface area contributed by atoms with Gasteiger partial charge in [-0.1, -0.05) is 52.4 Å². The lowest BCUT2D eigenvalue weighted by Crippen LogP contribution is -2.33. The van der Waals surface area contributed by atoms with E-state index in [0.29, 0.717) is 6.61 Å². The summed E-state index contributed by atoms with van der Waals surface area (Å²) < 4.78 is 0. The maximum Gasteiger partial charge on any atom is 0.0431 e. The van der Waals surface area contributed by atoms with E-state index >= 15 is 0 Å². The summed E-state index contributed by atoms with van der Waals surface area (Å²) in [5.74, 6) is 1.82. The number of aliphatic hydroxyl groups excluding tert-OH is 1. The van der Waals surface area contributed by atoms with Crippen molar-refractivity contribution >= 4 is 0 Å². The first-order chi connectivity index (χ1) is 10.3. The van der Waals surface area contributed by atoms with Crippen molar-refractivity contribution in [3.05, 3.63) is 0 Å². The summed E-state index contributed by atoms with van der Waals surface area (Å²) in [6.07, 6.45) is 14.7. The molecule has 1 saturated carbocycles. The van der Waals surface area contributed by atoms with Gasteiger partial charge >= 0.3 is 0 Å². The monoisotopic (exact) mass is 297 g/mol. The largest absolute Gasteiger partial charge is 0.396 e. The maximum atomic E-state index is 8.86. The van der Waals surface area contributed by atoms with Crippen molar-refractivity contribution in [2.75, 3.05) is 26.2 Å². The van der Waals surface area contributed by atoms with Crippen molar-refractivity contribution in [3.8, 4) is 0 Å². The Morgan fingerprint density at radius 3 is 2.43 bits per heavy atom. The molecule has 0 amide bonds. The van der Waals surface area contributed by atoms with Crippen LogP contribution in [0.15, 0.2) is 0 Å². The fraction of sp³-hybridized carbons (Fsp3) is 1.00. The van der Waals surface area contributed by atoms with Crippen molar-refractivity contribution in [2.45, 2.75) is 84.5 Å². The van der Waals surface area contributed by atoms with E-state index in [9.17, 15) is 0 Å². The van der Waals surface area contributed by atoms with Gasteiger partial charge in [0.05, 0.1) is 0 Å². The molecule has 0 unspecified atom stereocenters. The standard InChI is InChI=1S/C19H39NO/c1-3-4-11-18(2)16-20(14-9-5-6-10-15-21)17-19-12-7-8-13-19/h18-19,21H,3-17H2,1-2H3/t18-/m0/s1. The normalized spacial score (nSPS) is 17.7. The van der Waals surface area contributed by atoms with E-state index in [2.05, 4.69) is 18.7 Å². The Labute approximate surface area is 133 Å². The summed E-state index contributed by atoms with van der Waals surface area (Å²) in [5.41, 5.74) is 0. The lowest BCUT2D eigenvalue weighted by Gasteiger charge is -2.28. The Morgan fingerprint density at radius 2 is 1.76 bits per heavy atom. The predicted molar refractivity (Wildman–Crippen MR) is 92.6 cm³/mol. The van der Waals surface area contributed by atoms with Gasteiger partial charge in [-0.25, -0.2) is 0 Å². The molecule has 1 atom stereocenters. The molecule has 1 rings (SSSR count). The number of hydrogen-bond acceptors (Lipinski definition) is 2. The second kappa shape index (κ2) is 12.5. The van der Waals surface area contributed by atoms with Crippen LogP contribution in [-0.2, 0) is 0 Å². The summed E-state index contributed by atoms with van der Waals surface area (Å²) in [6.45, 7) is 9.01. The third kappa shape index (κ3) is 9.52. The molecule has 126 valence electrons. The molecule has 0 bridgehead atoms. The van der Waals surface area contributed by atoms with Crippen LogP contribution in [0.1, 0.15) is 84.5 Å². The Hall–Kier alpha value is -0.0800. The zero-order chi connectivity index (χ0) is 15.3. The highest BCUT2D eigenvalue weighted by Crippen LogP contribution is 2.26. The van der Waals surface area contributed by atoms with Crippen LogP contribution in [-0.4, -0.2) is 36.2 Å². The van der Waals surface area contributed by atoms with Crippen molar-refractivity contribution in [3.63, 3.8) is 0 Å². The Kier molecular flexibility index (Phi) is 11.3. The molecule has 1 N–H and O–H groups in total. The number of hydrogen-bond donors (Lipinski definition) is 1. The first kappa shape index (κ1) is 19.0. The first-order valence-corrected chi connectivity index (χ1v) is 9.59. The quantitative estimate of drug-likeness (QED) is 0.491. The Balaban J connectivity index is 2.26. The molecule has 0 aromatic carbocycles. The van der Waals surface area contributed by atoms with Crippen LogP contribution >= 0.6 is 0 Å². The van der Waals surface area contributed by atoms with E-state index in [4.69, 9.17) is 5.11 Å². The number of rotatable bonds is 13. The molecule has 1 fully saturated rings. The van der Waals surface area contributed by atoms with Gasteiger partial charge in [0.25, 0.3) is 0 Å². The molecule has 0 heterocycles. The lowest BCUT2D eigenvalue weighted by atomic mass is 10.0. The van der Waals surface area contributed by atoms with Gasteiger partial charge in [0, 0.05) is 19.7 Å². The Morgan fingerprint density at radius 1 is 1.05 bits per heavy atom. The topological polar surface area (TPSA) is 23.5 Å². The third-order valence-electron chi connectivity index (χ3n) is 4.99. The number of aliphatic hydroxyl groups is 1. The molecule has 0 aromatic rings. The van der Waals surface area contributed by atoms with Gasteiger partial charge in [0.15, 0.2) is 0 Å². The van der Waals surface area contributed by atoms with Crippen LogP contribution < -0.4 is 0 Å². The average molecular weight is 298 g/mol. The highest BCUT2D eigenvalue weighted by molar-refractivity contribution is 4.73. The van der Waals surface area contributed by atoms with Gasteiger partial charge in [-0.3, -0.25) is 0 Å². The maximum absolute atomic E-state index is 8.86. The molecule has 1 aliphatic rings. The molecular weight excluding hydrogens is 258 g/mol. The van der Waals surface area contributed by atoms with Crippen molar-refractivity contribution < 1.29 is 5.11 Å². The van der Waals surface area contributed by atoms with E-state index in [1.54, 1.807) is 0 Å². The summed E-state index contributed by atoms with van der Waals surface area (Å²) in [7, 11) is 0. The SMILES string of the molecule is CCCC[C@H](C)CN(CCCCCCO)CC1CCCC1. The smallest absolute Gasteiger partial charge is 0.0431 e. The summed E-state index contributed by atoms with van der Waals surface area (Å²) in [5, 5.41) is 8.86. The fourth-order valence-electron chi connectivity index (χ4n) is 3.70. The Bertz CT molecular complexity index is 226. The first-order valence-electron chi connectivity index (χ1n) is 9.59. The van der Waals surface area contributed by atoms with Crippen LogP contribution in [0.25, 0.3) is 0 Å². The molecular formula is C19H39NO. The van der Waals surface area contributed by atoms with Crippen LogP contribution in [0, 0.1) is 11.8 Å². The van der Waals surface area contributed by atoms with Gasteiger partial charge in [0.2, 0.25) is 0 Å². The van der Waals surface area contributed by atoms with Gasteiger partial charge in [0.1, 0.15) is 0 Å². The second-order valence-corrected chi connectivity index (χ2v) is 7.30. The third-order valence-corrected chi connectivity index (χ3v) is 4.99. The van der Waals surface area contributed by atoms with Crippen molar-refractivity contribution in [1.82, 2.24) is 4.90 Å². The molecule has 2 heteroatoms. The molecule has 0 aliphatic heterocycles. The molecule has 0 radical (unpaired) electrons. The van der Waals surface area contributed by atoms with E-state index in [1.165, 1.54) is 83.8 Å². The molecule has 0 aromatic heterocycles. The molecule has 0 saturated heterocycles. The van der Waals surface area contributed by atoms with E-state index in [-0.39, 0.29) is 0 Å². The highest BCUT2D eigenvalue weighted by Gasteiger charge is 2.19. The molecule has 2 nitrogen and oxygen atoms in total. The van der Waals surface area contributed by atoms with Crippen LogP contribution in [0.5, 0.6) is 0 Å². The number of unbranched alkanes of at least 4 members (excludes halogenated alkanes) is 4. The fourth-order valence-corrected chi connectivity index (χ4v) is 3.70.